The summed E-state index contributed by atoms with van der Waals surface area (Å²) < 4.78 is 0.902. The first-order valence-electron chi connectivity index (χ1n) is 6.12. The lowest BCUT2D eigenvalue weighted by atomic mass is 10.0. The summed E-state index contributed by atoms with van der Waals surface area (Å²) in [5.74, 6) is -1.70. The van der Waals surface area contributed by atoms with Crippen LogP contribution in [0.5, 0.6) is 0 Å². The molecule has 0 fully saturated rings. The van der Waals surface area contributed by atoms with Gasteiger partial charge in [-0.05, 0) is 12.0 Å². The second-order valence-electron chi connectivity index (χ2n) is 4.77. The monoisotopic (exact) mass is 311 g/mol. The largest absolute Gasteiger partial charge is 0.480 e. The van der Waals surface area contributed by atoms with Gasteiger partial charge in [0.15, 0.2) is 0 Å². The number of amides is 1. The summed E-state index contributed by atoms with van der Waals surface area (Å²) >= 11 is 7.46. The molecule has 0 saturated carbocycles. The minimum Gasteiger partial charge on any atom is -0.480 e. The van der Waals surface area contributed by atoms with Gasteiger partial charge in [-0.25, -0.2) is 4.79 Å². The Hall–Kier alpha value is -1.59. The van der Waals surface area contributed by atoms with E-state index in [2.05, 4.69) is 5.32 Å². The lowest BCUT2D eigenvalue weighted by molar-refractivity contribution is -0.140. The van der Waals surface area contributed by atoms with Gasteiger partial charge in [0.1, 0.15) is 10.9 Å². The van der Waals surface area contributed by atoms with Crippen molar-refractivity contribution >= 4 is 44.9 Å². The predicted octanol–water partition coefficient (Wildman–Crippen LogP) is 3.39. The van der Waals surface area contributed by atoms with E-state index >= 15 is 0 Å². The summed E-state index contributed by atoms with van der Waals surface area (Å²) in [5.41, 5.74) is 0. The molecular formula is C14H14ClNO3S. The van der Waals surface area contributed by atoms with E-state index in [9.17, 15) is 9.59 Å². The Balaban J connectivity index is 2.32. The van der Waals surface area contributed by atoms with Crippen LogP contribution in [-0.2, 0) is 4.79 Å². The van der Waals surface area contributed by atoms with Gasteiger partial charge in [-0.15, -0.1) is 11.3 Å². The fourth-order valence-corrected chi connectivity index (χ4v) is 3.30. The van der Waals surface area contributed by atoms with Crippen LogP contribution >= 0.6 is 22.9 Å². The van der Waals surface area contributed by atoms with Crippen molar-refractivity contribution in [1.82, 2.24) is 5.32 Å². The maximum atomic E-state index is 12.2. The molecule has 2 rings (SSSR count). The number of hydrogen-bond donors (Lipinski definition) is 2. The summed E-state index contributed by atoms with van der Waals surface area (Å²) in [5, 5.41) is 12.8. The summed E-state index contributed by atoms with van der Waals surface area (Å²) in [4.78, 5) is 23.7. The number of carboxylic acid groups (broad SMARTS) is 1. The highest BCUT2D eigenvalue weighted by molar-refractivity contribution is 7.21. The topological polar surface area (TPSA) is 66.4 Å². The first-order valence-corrected chi connectivity index (χ1v) is 7.32. The molecule has 6 heteroatoms. The third kappa shape index (κ3) is 2.78. The fourth-order valence-electron chi connectivity index (χ4n) is 1.88. The molecule has 106 valence electrons. The van der Waals surface area contributed by atoms with E-state index in [1.54, 1.807) is 13.8 Å². The Morgan fingerprint density at radius 2 is 1.95 bits per heavy atom. The zero-order chi connectivity index (χ0) is 14.9. The van der Waals surface area contributed by atoms with E-state index in [1.165, 1.54) is 11.3 Å². The van der Waals surface area contributed by atoms with E-state index in [0.717, 1.165) is 10.1 Å². The Labute approximate surface area is 125 Å². The summed E-state index contributed by atoms with van der Waals surface area (Å²) in [7, 11) is 0. The molecule has 0 aliphatic rings. The van der Waals surface area contributed by atoms with E-state index in [-0.39, 0.29) is 5.92 Å². The lowest BCUT2D eigenvalue weighted by Gasteiger charge is -2.17. The zero-order valence-electron chi connectivity index (χ0n) is 11.0. The van der Waals surface area contributed by atoms with Crippen molar-refractivity contribution in [2.24, 2.45) is 5.92 Å². The molecule has 0 spiro atoms. The van der Waals surface area contributed by atoms with Crippen LogP contribution in [0.15, 0.2) is 24.3 Å². The van der Waals surface area contributed by atoms with Crippen molar-refractivity contribution in [3.05, 3.63) is 34.2 Å². The molecule has 1 amide bonds. The number of thiophene rings is 1. The van der Waals surface area contributed by atoms with Crippen molar-refractivity contribution in [3.8, 4) is 0 Å². The first-order chi connectivity index (χ1) is 9.41. The van der Waals surface area contributed by atoms with Crippen molar-refractivity contribution in [3.63, 3.8) is 0 Å². The number of hydrogen-bond acceptors (Lipinski definition) is 3. The minimum atomic E-state index is -1.05. The lowest BCUT2D eigenvalue weighted by Crippen LogP contribution is -2.44. The Bertz CT molecular complexity index is 665. The second kappa shape index (κ2) is 5.81. The molecule has 1 unspecified atom stereocenters. The molecule has 0 bridgehead atoms. The molecule has 0 aliphatic heterocycles. The SMILES string of the molecule is CC(C)C(NC(=O)c1sc2ccccc2c1Cl)C(=O)O. The van der Waals surface area contributed by atoms with E-state index in [1.807, 2.05) is 24.3 Å². The summed E-state index contributed by atoms with van der Waals surface area (Å²) in [6, 6.07) is 6.49. The maximum Gasteiger partial charge on any atom is 0.326 e. The van der Waals surface area contributed by atoms with Crippen LogP contribution < -0.4 is 5.32 Å². The molecule has 0 saturated heterocycles. The van der Waals surface area contributed by atoms with Crippen LogP contribution in [-0.4, -0.2) is 23.0 Å². The van der Waals surface area contributed by atoms with Crippen LogP contribution in [0, 0.1) is 5.92 Å². The fraction of sp³-hybridized carbons (Fsp3) is 0.286. The highest BCUT2D eigenvalue weighted by atomic mass is 35.5. The van der Waals surface area contributed by atoms with Gasteiger partial charge in [-0.2, -0.15) is 0 Å². The molecule has 0 aliphatic carbocycles. The molecule has 1 atom stereocenters. The number of rotatable bonds is 4. The van der Waals surface area contributed by atoms with Crippen molar-refractivity contribution < 1.29 is 14.7 Å². The number of nitrogens with one attached hydrogen (secondary N) is 1. The Morgan fingerprint density at radius 1 is 1.30 bits per heavy atom. The number of benzene rings is 1. The average Bonchev–Trinajstić information content (AvgIpc) is 2.73. The number of carbonyl (C=O) groups excluding carboxylic acids is 1. The van der Waals surface area contributed by atoms with E-state index in [0.29, 0.717) is 9.90 Å². The number of halogens is 1. The van der Waals surface area contributed by atoms with Gasteiger partial charge in [0, 0.05) is 10.1 Å². The molecule has 4 nitrogen and oxygen atoms in total. The number of fused-ring (bicyclic) bond motifs is 1. The molecule has 1 aromatic carbocycles. The van der Waals surface area contributed by atoms with Crippen LogP contribution in [0.3, 0.4) is 0 Å². The Morgan fingerprint density at radius 3 is 2.50 bits per heavy atom. The molecule has 1 heterocycles. The smallest absolute Gasteiger partial charge is 0.326 e. The van der Waals surface area contributed by atoms with Gasteiger partial charge in [0.2, 0.25) is 0 Å². The normalized spacial score (nSPS) is 12.6. The van der Waals surface area contributed by atoms with Gasteiger partial charge in [0.25, 0.3) is 5.91 Å². The molecular weight excluding hydrogens is 298 g/mol. The third-order valence-electron chi connectivity index (χ3n) is 2.96. The Kier molecular flexibility index (Phi) is 4.30. The quantitative estimate of drug-likeness (QED) is 0.909. The van der Waals surface area contributed by atoms with Gasteiger partial charge in [0.05, 0.1) is 5.02 Å². The van der Waals surface area contributed by atoms with Gasteiger partial charge in [-0.3, -0.25) is 4.79 Å². The van der Waals surface area contributed by atoms with E-state index in [4.69, 9.17) is 16.7 Å². The predicted molar refractivity (Wildman–Crippen MR) is 80.6 cm³/mol. The molecule has 20 heavy (non-hydrogen) atoms. The van der Waals surface area contributed by atoms with Crippen LogP contribution in [0.1, 0.15) is 23.5 Å². The van der Waals surface area contributed by atoms with E-state index < -0.39 is 17.9 Å². The minimum absolute atomic E-state index is 0.204. The molecule has 2 N–H and O–H groups in total. The standard InChI is InChI=1S/C14H14ClNO3S/c1-7(2)11(14(18)19)16-13(17)12-10(15)8-5-3-4-6-9(8)20-12/h3-7,11H,1-2H3,(H,16,17)(H,18,19). The summed E-state index contributed by atoms with van der Waals surface area (Å²) in [6.45, 7) is 3.48. The third-order valence-corrected chi connectivity index (χ3v) is 4.63. The summed E-state index contributed by atoms with van der Waals surface area (Å²) in [6.07, 6.45) is 0. The van der Waals surface area contributed by atoms with Gasteiger partial charge < -0.3 is 10.4 Å². The molecule has 0 radical (unpaired) electrons. The van der Waals surface area contributed by atoms with Crippen molar-refractivity contribution in [2.45, 2.75) is 19.9 Å². The molecule has 2 aromatic rings. The highest BCUT2D eigenvalue weighted by Crippen LogP contribution is 2.35. The second-order valence-corrected chi connectivity index (χ2v) is 6.20. The highest BCUT2D eigenvalue weighted by Gasteiger charge is 2.26. The maximum absolute atomic E-state index is 12.2. The zero-order valence-corrected chi connectivity index (χ0v) is 12.6. The number of carboxylic acids is 1. The van der Waals surface area contributed by atoms with Gasteiger partial charge >= 0.3 is 5.97 Å². The first kappa shape index (κ1) is 14.8. The van der Waals surface area contributed by atoms with Crippen LogP contribution in [0.4, 0.5) is 0 Å². The molecule has 1 aromatic heterocycles. The van der Waals surface area contributed by atoms with Crippen LogP contribution in [0.25, 0.3) is 10.1 Å². The van der Waals surface area contributed by atoms with Crippen molar-refractivity contribution in [1.29, 1.82) is 0 Å². The average molecular weight is 312 g/mol. The van der Waals surface area contributed by atoms with Crippen molar-refractivity contribution in [2.75, 3.05) is 0 Å². The van der Waals surface area contributed by atoms with Gasteiger partial charge in [-0.1, -0.05) is 43.6 Å². The van der Waals surface area contributed by atoms with Crippen LogP contribution in [0.2, 0.25) is 5.02 Å². The number of carbonyl (C=O) groups is 2. The number of aliphatic carboxylic acids is 1.